The highest BCUT2D eigenvalue weighted by molar-refractivity contribution is 5.94. The zero-order chi connectivity index (χ0) is 18.5. The Hall–Kier alpha value is -2.89. The quantitative estimate of drug-likeness (QED) is 0.622. The van der Waals surface area contributed by atoms with E-state index in [0.29, 0.717) is 36.6 Å². The second kappa shape index (κ2) is 7.99. The first kappa shape index (κ1) is 17.9. The highest BCUT2D eigenvalue weighted by atomic mass is 19.1. The largest absolute Gasteiger partial charge is 0.497 e. The van der Waals surface area contributed by atoms with Crippen molar-refractivity contribution in [1.82, 2.24) is 4.90 Å². The summed E-state index contributed by atoms with van der Waals surface area (Å²) in [7, 11) is 1.57. The molecular weight excluding hydrogens is 337 g/mol. The Morgan fingerprint density at radius 3 is 2.35 bits per heavy atom. The summed E-state index contributed by atoms with van der Waals surface area (Å²) < 4.78 is 23.5. The molecule has 0 aliphatic carbocycles. The second-order valence-corrected chi connectivity index (χ2v) is 6.19. The lowest BCUT2D eigenvalue weighted by molar-refractivity contribution is -0.140. The van der Waals surface area contributed by atoms with Crippen LogP contribution in [0.25, 0.3) is 0 Å². The van der Waals surface area contributed by atoms with Crippen LogP contribution in [0, 0.1) is 11.7 Å². The van der Waals surface area contributed by atoms with E-state index < -0.39 is 0 Å². The average molecular weight is 357 g/mol. The molecule has 136 valence electrons. The van der Waals surface area contributed by atoms with E-state index in [1.807, 2.05) is 0 Å². The van der Waals surface area contributed by atoms with Crippen molar-refractivity contribution in [3.8, 4) is 11.5 Å². The highest BCUT2D eigenvalue weighted by Gasteiger charge is 2.30. The third kappa shape index (κ3) is 4.20. The summed E-state index contributed by atoms with van der Waals surface area (Å²) in [5, 5.41) is 0. The van der Waals surface area contributed by atoms with Crippen molar-refractivity contribution in [3.05, 3.63) is 59.9 Å². The van der Waals surface area contributed by atoms with Gasteiger partial charge in [0.15, 0.2) is 0 Å². The number of esters is 1. The Bertz CT molecular complexity index is 773. The van der Waals surface area contributed by atoms with Gasteiger partial charge in [0.2, 0.25) is 0 Å². The number of amides is 1. The van der Waals surface area contributed by atoms with Crippen LogP contribution < -0.4 is 9.47 Å². The van der Waals surface area contributed by atoms with Crippen LogP contribution in [0.3, 0.4) is 0 Å². The number of ether oxygens (including phenoxy) is 2. The van der Waals surface area contributed by atoms with E-state index in [-0.39, 0.29) is 23.6 Å². The van der Waals surface area contributed by atoms with Gasteiger partial charge in [-0.2, -0.15) is 0 Å². The fourth-order valence-electron chi connectivity index (χ4n) is 2.97. The zero-order valence-electron chi connectivity index (χ0n) is 14.5. The standard InChI is InChI=1S/C20H20FNO4/c1-25-17-8-10-18(11-9-17)26-20(24)15-3-2-12-22(13-15)19(23)14-4-6-16(21)7-5-14/h4-11,15H,2-3,12-13H2,1H3. The molecule has 6 heteroatoms. The first-order valence-corrected chi connectivity index (χ1v) is 8.47. The zero-order valence-corrected chi connectivity index (χ0v) is 14.5. The topological polar surface area (TPSA) is 55.8 Å². The van der Waals surface area contributed by atoms with Gasteiger partial charge in [-0.15, -0.1) is 0 Å². The minimum atomic E-state index is -0.388. The fraction of sp³-hybridized carbons (Fsp3) is 0.300. The lowest BCUT2D eigenvalue weighted by Crippen LogP contribution is -2.43. The van der Waals surface area contributed by atoms with E-state index in [9.17, 15) is 14.0 Å². The Kier molecular flexibility index (Phi) is 5.51. The van der Waals surface area contributed by atoms with E-state index in [1.165, 1.54) is 24.3 Å². The minimum absolute atomic E-state index is 0.202. The summed E-state index contributed by atoms with van der Waals surface area (Å²) in [6.45, 7) is 0.869. The molecule has 1 amide bonds. The molecule has 1 unspecified atom stereocenters. The van der Waals surface area contributed by atoms with Gasteiger partial charge in [-0.25, -0.2) is 4.39 Å². The van der Waals surface area contributed by atoms with E-state index in [2.05, 4.69) is 0 Å². The monoisotopic (exact) mass is 357 g/mol. The van der Waals surface area contributed by atoms with Crippen molar-refractivity contribution in [2.45, 2.75) is 12.8 Å². The number of carbonyl (C=O) groups is 2. The van der Waals surface area contributed by atoms with Crippen molar-refractivity contribution in [2.24, 2.45) is 5.92 Å². The molecule has 1 aliphatic rings. The number of carbonyl (C=O) groups excluding carboxylic acids is 2. The van der Waals surface area contributed by atoms with Crippen molar-refractivity contribution in [3.63, 3.8) is 0 Å². The van der Waals surface area contributed by atoms with Gasteiger partial charge in [-0.1, -0.05) is 0 Å². The molecule has 2 aromatic rings. The molecule has 0 aromatic heterocycles. The van der Waals surface area contributed by atoms with Crippen molar-refractivity contribution < 1.29 is 23.5 Å². The predicted octanol–water partition coefficient (Wildman–Crippen LogP) is 3.29. The number of hydrogen-bond donors (Lipinski definition) is 0. The molecular formula is C20H20FNO4. The fourth-order valence-corrected chi connectivity index (χ4v) is 2.97. The number of likely N-dealkylation sites (tertiary alicyclic amines) is 1. The number of methoxy groups -OCH3 is 1. The van der Waals surface area contributed by atoms with Gasteiger partial charge in [0.1, 0.15) is 17.3 Å². The smallest absolute Gasteiger partial charge is 0.316 e. The maximum Gasteiger partial charge on any atom is 0.316 e. The lowest BCUT2D eigenvalue weighted by atomic mass is 9.97. The van der Waals surface area contributed by atoms with Crippen LogP contribution in [0.15, 0.2) is 48.5 Å². The van der Waals surface area contributed by atoms with Gasteiger partial charge in [-0.05, 0) is 61.4 Å². The van der Waals surface area contributed by atoms with E-state index in [1.54, 1.807) is 36.3 Å². The third-order valence-electron chi connectivity index (χ3n) is 4.41. The van der Waals surface area contributed by atoms with Gasteiger partial charge in [-0.3, -0.25) is 9.59 Å². The molecule has 0 radical (unpaired) electrons. The van der Waals surface area contributed by atoms with Crippen LogP contribution in [0.1, 0.15) is 23.2 Å². The summed E-state index contributed by atoms with van der Waals surface area (Å²) in [6, 6.07) is 12.2. The van der Waals surface area contributed by atoms with Gasteiger partial charge < -0.3 is 14.4 Å². The summed E-state index contributed by atoms with van der Waals surface area (Å²) in [5.41, 5.74) is 0.413. The van der Waals surface area contributed by atoms with Gasteiger partial charge in [0, 0.05) is 18.7 Å². The molecule has 1 aliphatic heterocycles. The Labute approximate surface area is 151 Å². The Balaban J connectivity index is 1.62. The Morgan fingerprint density at radius 1 is 1.04 bits per heavy atom. The number of halogens is 1. The molecule has 5 nitrogen and oxygen atoms in total. The second-order valence-electron chi connectivity index (χ2n) is 6.19. The number of rotatable bonds is 4. The minimum Gasteiger partial charge on any atom is -0.497 e. The average Bonchev–Trinajstić information content (AvgIpc) is 2.68. The van der Waals surface area contributed by atoms with E-state index in [0.717, 1.165) is 6.42 Å². The van der Waals surface area contributed by atoms with Gasteiger partial charge in [0.05, 0.1) is 13.0 Å². The summed E-state index contributed by atoms with van der Waals surface area (Å²) in [6.07, 6.45) is 1.39. The maximum atomic E-state index is 13.0. The van der Waals surface area contributed by atoms with Gasteiger partial charge in [0.25, 0.3) is 5.91 Å². The van der Waals surface area contributed by atoms with Crippen LogP contribution >= 0.6 is 0 Å². The Morgan fingerprint density at radius 2 is 1.69 bits per heavy atom. The number of piperidine rings is 1. The third-order valence-corrected chi connectivity index (χ3v) is 4.41. The first-order chi connectivity index (χ1) is 12.6. The molecule has 0 spiro atoms. The molecule has 26 heavy (non-hydrogen) atoms. The normalized spacial score (nSPS) is 16.8. The van der Waals surface area contributed by atoms with E-state index >= 15 is 0 Å². The predicted molar refractivity (Wildman–Crippen MR) is 93.7 cm³/mol. The van der Waals surface area contributed by atoms with Crippen molar-refractivity contribution in [2.75, 3.05) is 20.2 Å². The van der Waals surface area contributed by atoms with Crippen molar-refractivity contribution in [1.29, 1.82) is 0 Å². The van der Waals surface area contributed by atoms with E-state index in [4.69, 9.17) is 9.47 Å². The molecule has 1 heterocycles. The summed E-state index contributed by atoms with van der Waals surface area (Å²) >= 11 is 0. The molecule has 1 fully saturated rings. The number of nitrogens with zero attached hydrogens (tertiary/aromatic N) is 1. The summed E-state index contributed by atoms with van der Waals surface area (Å²) in [4.78, 5) is 26.6. The maximum absolute atomic E-state index is 13.0. The van der Waals surface area contributed by atoms with Crippen LogP contribution in [0.4, 0.5) is 4.39 Å². The van der Waals surface area contributed by atoms with Crippen molar-refractivity contribution >= 4 is 11.9 Å². The highest BCUT2D eigenvalue weighted by Crippen LogP contribution is 2.23. The van der Waals surface area contributed by atoms with Crippen LogP contribution in [0.5, 0.6) is 11.5 Å². The van der Waals surface area contributed by atoms with Gasteiger partial charge >= 0.3 is 5.97 Å². The number of hydrogen-bond acceptors (Lipinski definition) is 4. The molecule has 3 rings (SSSR count). The molecule has 2 aromatic carbocycles. The first-order valence-electron chi connectivity index (χ1n) is 8.47. The summed E-state index contributed by atoms with van der Waals surface area (Å²) in [5.74, 6) is -0.202. The van der Waals surface area contributed by atoms with Crippen LogP contribution in [-0.4, -0.2) is 37.0 Å². The lowest BCUT2D eigenvalue weighted by Gasteiger charge is -2.31. The molecule has 0 N–H and O–H groups in total. The molecule has 1 atom stereocenters. The SMILES string of the molecule is COc1ccc(OC(=O)C2CCCN(C(=O)c3ccc(F)cc3)C2)cc1. The molecule has 0 bridgehead atoms. The van der Waals surface area contributed by atoms with Crippen LogP contribution in [0.2, 0.25) is 0 Å². The van der Waals surface area contributed by atoms with Crippen LogP contribution in [-0.2, 0) is 4.79 Å². The number of benzene rings is 2. The molecule has 0 saturated carbocycles. The molecule has 1 saturated heterocycles.